The molecular weight excluding hydrogens is 348 g/mol. The predicted molar refractivity (Wildman–Crippen MR) is 84.3 cm³/mol. The van der Waals surface area contributed by atoms with Crippen LogP contribution in [0.25, 0.3) is 0 Å². The lowest BCUT2D eigenvalue weighted by Gasteiger charge is -2.32. The molecule has 2 heterocycles. The lowest BCUT2D eigenvalue weighted by Crippen LogP contribution is -2.49. The molecule has 1 fully saturated rings. The molecule has 2 amide bonds. The zero-order valence-electron chi connectivity index (χ0n) is 14.1. The van der Waals surface area contributed by atoms with Crippen molar-refractivity contribution in [2.75, 3.05) is 26.9 Å². The summed E-state index contributed by atoms with van der Waals surface area (Å²) >= 11 is 0. The maximum atomic E-state index is 12.7. The van der Waals surface area contributed by atoms with E-state index >= 15 is 0 Å². The number of carbonyl (C=O) groups is 3. The average molecular weight is 364 g/mol. The number of hydrogen-bond donors (Lipinski definition) is 0. The summed E-state index contributed by atoms with van der Waals surface area (Å²) in [5, 5.41) is 11.2. The first-order valence-corrected chi connectivity index (χ1v) is 7.79. The molecular formula is C16H16N2O8. The number of fused-ring (bicyclic) bond motifs is 1. The first-order valence-electron chi connectivity index (χ1n) is 7.79. The number of methoxy groups -OCH3 is 1. The summed E-state index contributed by atoms with van der Waals surface area (Å²) in [7, 11) is 1.17. The van der Waals surface area contributed by atoms with Crippen molar-refractivity contribution in [3.63, 3.8) is 0 Å². The standard InChI is InChI=1S/C16H16N2O8/c1-16(25-6-7-26-16)10(15(21)24-2)8-17-13(19)9-4-3-5-11(18(22)23)12(9)14(17)20/h3-5,10H,6-8H2,1-2H3. The minimum absolute atomic E-state index is 0.0776. The van der Waals surface area contributed by atoms with Crippen molar-refractivity contribution < 1.29 is 33.5 Å². The number of ether oxygens (including phenoxy) is 3. The molecule has 1 aromatic rings. The summed E-state index contributed by atoms with van der Waals surface area (Å²) < 4.78 is 15.7. The van der Waals surface area contributed by atoms with Gasteiger partial charge in [-0.3, -0.25) is 29.4 Å². The first-order chi connectivity index (χ1) is 12.3. The van der Waals surface area contributed by atoms with Gasteiger partial charge < -0.3 is 14.2 Å². The van der Waals surface area contributed by atoms with Crippen molar-refractivity contribution in [3.05, 3.63) is 39.4 Å². The number of benzene rings is 1. The van der Waals surface area contributed by atoms with Crippen LogP contribution in [0.15, 0.2) is 18.2 Å². The molecule has 1 unspecified atom stereocenters. The van der Waals surface area contributed by atoms with Crippen LogP contribution in [0.2, 0.25) is 0 Å². The molecule has 3 rings (SSSR count). The van der Waals surface area contributed by atoms with Crippen molar-refractivity contribution in [3.8, 4) is 0 Å². The van der Waals surface area contributed by atoms with Gasteiger partial charge in [0.15, 0.2) is 5.79 Å². The van der Waals surface area contributed by atoms with E-state index in [4.69, 9.17) is 14.2 Å². The summed E-state index contributed by atoms with van der Waals surface area (Å²) in [6, 6.07) is 3.81. The minimum atomic E-state index is -1.37. The maximum absolute atomic E-state index is 12.7. The van der Waals surface area contributed by atoms with Crippen molar-refractivity contribution >= 4 is 23.5 Å². The van der Waals surface area contributed by atoms with Gasteiger partial charge in [-0.1, -0.05) is 6.07 Å². The van der Waals surface area contributed by atoms with Gasteiger partial charge in [-0.2, -0.15) is 0 Å². The number of nitrogens with zero attached hydrogens (tertiary/aromatic N) is 2. The Balaban J connectivity index is 1.95. The van der Waals surface area contributed by atoms with Crippen LogP contribution in [-0.4, -0.2) is 60.3 Å². The van der Waals surface area contributed by atoms with E-state index in [0.717, 1.165) is 11.0 Å². The topological polar surface area (TPSA) is 125 Å². The first kappa shape index (κ1) is 18.0. The van der Waals surface area contributed by atoms with Crippen LogP contribution in [-0.2, 0) is 19.0 Å². The van der Waals surface area contributed by atoms with E-state index in [0.29, 0.717) is 0 Å². The molecule has 0 N–H and O–H groups in total. The molecule has 10 heteroatoms. The molecule has 1 atom stereocenters. The Labute approximate surface area is 147 Å². The molecule has 26 heavy (non-hydrogen) atoms. The van der Waals surface area contributed by atoms with E-state index in [1.807, 2.05) is 0 Å². The lowest BCUT2D eigenvalue weighted by atomic mass is 9.99. The van der Waals surface area contributed by atoms with Gasteiger partial charge in [-0.15, -0.1) is 0 Å². The van der Waals surface area contributed by atoms with Gasteiger partial charge in [0, 0.05) is 12.6 Å². The second kappa shape index (κ2) is 6.46. The predicted octanol–water partition coefficient (Wildman–Crippen LogP) is 0.743. The number of esters is 1. The molecule has 0 aromatic heterocycles. The zero-order chi connectivity index (χ0) is 19.1. The molecule has 0 radical (unpaired) electrons. The van der Waals surface area contributed by atoms with Gasteiger partial charge in [-0.05, 0) is 13.0 Å². The SMILES string of the molecule is COC(=O)C(CN1C(=O)c2cccc([N+](=O)[O-])c2C1=O)C1(C)OCCO1. The van der Waals surface area contributed by atoms with E-state index < -0.39 is 40.1 Å². The third-order valence-corrected chi connectivity index (χ3v) is 4.52. The number of carbonyl (C=O) groups excluding carboxylic acids is 3. The molecule has 0 aliphatic carbocycles. The van der Waals surface area contributed by atoms with Crippen molar-refractivity contribution in [1.29, 1.82) is 0 Å². The highest BCUT2D eigenvalue weighted by Gasteiger charge is 2.50. The molecule has 2 aliphatic rings. The van der Waals surface area contributed by atoms with Gasteiger partial charge in [0.2, 0.25) is 0 Å². The largest absolute Gasteiger partial charge is 0.469 e. The highest BCUT2D eigenvalue weighted by molar-refractivity contribution is 6.23. The Morgan fingerprint density at radius 3 is 2.58 bits per heavy atom. The van der Waals surface area contributed by atoms with Gasteiger partial charge in [0.05, 0.1) is 30.8 Å². The quantitative estimate of drug-likeness (QED) is 0.324. The fourth-order valence-corrected chi connectivity index (χ4v) is 3.14. The summed E-state index contributed by atoms with van der Waals surface area (Å²) in [6.07, 6.45) is 0. The minimum Gasteiger partial charge on any atom is -0.469 e. The summed E-state index contributed by atoms with van der Waals surface area (Å²) in [5.74, 6) is -4.75. The molecule has 1 aromatic carbocycles. The number of nitro groups is 1. The molecule has 0 saturated carbocycles. The van der Waals surface area contributed by atoms with Crippen LogP contribution in [0.5, 0.6) is 0 Å². The average Bonchev–Trinajstić information content (AvgIpc) is 3.16. The van der Waals surface area contributed by atoms with E-state index in [-0.39, 0.29) is 30.9 Å². The molecule has 2 aliphatic heterocycles. The fourth-order valence-electron chi connectivity index (χ4n) is 3.14. The van der Waals surface area contributed by atoms with Crippen LogP contribution in [0.1, 0.15) is 27.6 Å². The van der Waals surface area contributed by atoms with E-state index in [1.165, 1.54) is 26.2 Å². The third-order valence-electron chi connectivity index (χ3n) is 4.52. The summed E-state index contributed by atoms with van der Waals surface area (Å²) in [5.41, 5.74) is -0.826. The van der Waals surface area contributed by atoms with Gasteiger partial charge in [0.1, 0.15) is 11.5 Å². The highest BCUT2D eigenvalue weighted by atomic mass is 16.7. The van der Waals surface area contributed by atoms with Crippen LogP contribution in [0.3, 0.4) is 0 Å². The van der Waals surface area contributed by atoms with Crippen LogP contribution in [0.4, 0.5) is 5.69 Å². The summed E-state index contributed by atoms with van der Waals surface area (Å²) in [4.78, 5) is 48.7. The van der Waals surface area contributed by atoms with Crippen LogP contribution >= 0.6 is 0 Å². The maximum Gasteiger partial charge on any atom is 0.315 e. The van der Waals surface area contributed by atoms with Crippen molar-refractivity contribution in [2.24, 2.45) is 5.92 Å². The van der Waals surface area contributed by atoms with E-state index in [1.54, 1.807) is 0 Å². The van der Waals surface area contributed by atoms with Crippen molar-refractivity contribution in [2.45, 2.75) is 12.7 Å². The van der Waals surface area contributed by atoms with Crippen molar-refractivity contribution in [1.82, 2.24) is 4.90 Å². The van der Waals surface area contributed by atoms with Crippen LogP contribution in [0, 0.1) is 16.0 Å². The van der Waals surface area contributed by atoms with E-state index in [9.17, 15) is 24.5 Å². The lowest BCUT2D eigenvalue weighted by molar-refractivity contribution is -0.385. The van der Waals surface area contributed by atoms with Gasteiger partial charge in [-0.25, -0.2) is 0 Å². The normalized spacial score (nSPS) is 19.4. The Morgan fingerprint density at radius 1 is 1.35 bits per heavy atom. The Bertz CT molecular complexity index is 799. The number of hydrogen-bond acceptors (Lipinski definition) is 8. The van der Waals surface area contributed by atoms with Gasteiger partial charge in [0.25, 0.3) is 17.5 Å². The molecule has 0 spiro atoms. The smallest absolute Gasteiger partial charge is 0.315 e. The molecule has 0 bridgehead atoms. The third kappa shape index (κ3) is 2.72. The zero-order valence-corrected chi connectivity index (χ0v) is 14.1. The van der Waals surface area contributed by atoms with Gasteiger partial charge >= 0.3 is 5.97 Å². The van der Waals surface area contributed by atoms with E-state index in [2.05, 4.69) is 0 Å². The Hall–Kier alpha value is -2.85. The molecule has 138 valence electrons. The Morgan fingerprint density at radius 2 is 2.00 bits per heavy atom. The summed E-state index contributed by atoms with van der Waals surface area (Å²) in [6.45, 7) is 1.63. The number of nitro benzene ring substituents is 1. The number of imide groups is 1. The Kier molecular flexibility index (Phi) is 4.46. The number of amides is 2. The van der Waals surface area contributed by atoms with Crippen LogP contribution < -0.4 is 0 Å². The monoisotopic (exact) mass is 364 g/mol. The highest BCUT2D eigenvalue weighted by Crippen LogP contribution is 2.34. The molecule has 10 nitrogen and oxygen atoms in total. The second-order valence-corrected chi connectivity index (χ2v) is 5.97. The fraction of sp³-hybridized carbons (Fsp3) is 0.438. The number of rotatable bonds is 5. The second-order valence-electron chi connectivity index (χ2n) is 5.97. The molecule has 1 saturated heterocycles.